The highest BCUT2D eigenvalue weighted by atomic mass is 16.5. The molecule has 0 aromatic heterocycles. The van der Waals surface area contributed by atoms with E-state index < -0.39 is 6.10 Å². The van der Waals surface area contributed by atoms with E-state index in [1.54, 1.807) is 36.1 Å². The SMILES string of the molecule is COC(=O)C1CCN(C(=O)[C@@H](C)Oc2ccc(C#N)cc2)CC1. The average molecular weight is 316 g/mol. The fourth-order valence-electron chi connectivity index (χ4n) is 2.62. The number of likely N-dealkylation sites (tertiary alicyclic amines) is 1. The van der Waals surface area contributed by atoms with Crippen LogP contribution in [0.3, 0.4) is 0 Å². The molecule has 2 rings (SSSR count). The number of piperidine rings is 1. The van der Waals surface area contributed by atoms with Crippen LogP contribution in [0.5, 0.6) is 5.75 Å². The van der Waals surface area contributed by atoms with E-state index in [1.807, 2.05) is 6.07 Å². The molecule has 6 heteroatoms. The van der Waals surface area contributed by atoms with Gasteiger partial charge in [0, 0.05) is 13.1 Å². The molecule has 1 atom stereocenters. The molecule has 1 aliphatic heterocycles. The van der Waals surface area contributed by atoms with Crippen molar-refractivity contribution in [2.24, 2.45) is 5.92 Å². The van der Waals surface area contributed by atoms with Gasteiger partial charge in [0.2, 0.25) is 0 Å². The van der Waals surface area contributed by atoms with Crippen molar-refractivity contribution >= 4 is 11.9 Å². The molecule has 1 heterocycles. The maximum absolute atomic E-state index is 12.4. The zero-order valence-electron chi connectivity index (χ0n) is 13.3. The first-order valence-corrected chi connectivity index (χ1v) is 7.58. The Kier molecular flexibility index (Phi) is 5.58. The van der Waals surface area contributed by atoms with E-state index in [9.17, 15) is 9.59 Å². The van der Waals surface area contributed by atoms with Gasteiger partial charge >= 0.3 is 5.97 Å². The van der Waals surface area contributed by atoms with E-state index in [-0.39, 0.29) is 17.8 Å². The van der Waals surface area contributed by atoms with Crippen LogP contribution in [-0.4, -0.2) is 43.1 Å². The lowest BCUT2D eigenvalue weighted by Gasteiger charge is -2.32. The maximum atomic E-state index is 12.4. The van der Waals surface area contributed by atoms with Gasteiger partial charge in [-0.1, -0.05) is 0 Å². The predicted octanol–water partition coefficient (Wildman–Crippen LogP) is 1.74. The van der Waals surface area contributed by atoms with Gasteiger partial charge in [0.15, 0.2) is 6.10 Å². The molecular weight excluding hydrogens is 296 g/mol. The first-order valence-electron chi connectivity index (χ1n) is 7.58. The van der Waals surface area contributed by atoms with Gasteiger partial charge in [0.25, 0.3) is 5.91 Å². The van der Waals surface area contributed by atoms with Gasteiger partial charge in [-0.25, -0.2) is 0 Å². The smallest absolute Gasteiger partial charge is 0.308 e. The molecule has 122 valence electrons. The zero-order valence-corrected chi connectivity index (χ0v) is 13.3. The third-order valence-corrected chi connectivity index (χ3v) is 3.99. The first kappa shape index (κ1) is 16.8. The molecule has 1 saturated heterocycles. The van der Waals surface area contributed by atoms with Crippen molar-refractivity contribution in [1.82, 2.24) is 4.90 Å². The van der Waals surface area contributed by atoms with Gasteiger partial charge in [0.1, 0.15) is 5.75 Å². The van der Waals surface area contributed by atoms with Crippen LogP contribution in [0.15, 0.2) is 24.3 Å². The molecule has 0 bridgehead atoms. The van der Waals surface area contributed by atoms with Crippen molar-refractivity contribution < 1.29 is 19.1 Å². The molecule has 1 aromatic rings. The van der Waals surface area contributed by atoms with Crippen LogP contribution in [0.2, 0.25) is 0 Å². The summed E-state index contributed by atoms with van der Waals surface area (Å²) >= 11 is 0. The van der Waals surface area contributed by atoms with Gasteiger partial charge in [-0.3, -0.25) is 9.59 Å². The van der Waals surface area contributed by atoms with Crippen molar-refractivity contribution in [2.75, 3.05) is 20.2 Å². The van der Waals surface area contributed by atoms with E-state index in [2.05, 4.69) is 0 Å². The van der Waals surface area contributed by atoms with Crippen molar-refractivity contribution in [3.8, 4) is 11.8 Å². The Morgan fingerprint density at radius 3 is 2.39 bits per heavy atom. The summed E-state index contributed by atoms with van der Waals surface area (Å²) in [7, 11) is 1.38. The number of amides is 1. The van der Waals surface area contributed by atoms with Gasteiger partial charge < -0.3 is 14.4 Å². The standard InChI is InChI=1S/C17H20N2O4/c1-12(23-15-5-3-13(11-18)4-6-15)16(20)19-9-7-14(8-10-19)17(21)22-2/h3-6,12,14H,7-10H2,1-2H3/t12-/m1/s1. The highest BCUT2D eigenvalue weighted by Gasteiger charge is 2.30. The normalized spacial score (nSPS) is 16.3. The molecule has 1 amide bonds. The number of esters is 1. The first-order chi connectivity index (χ1) is 11.0. The summed E-state index contributed by atoms with van der Waals surface area (Å²) in [5, 5.41) is 8.76. The lowest BCUT2D eigenvalue weighted by atomic mass is 9.97. The number of rotatable bonds is 4. The van der Waals surface area contributed by atoms with Gasteiger partial charge in [0.05, 0.1) is 24.7 Å². The number of methoxy groups -OCH3 is 1. The Balaban J connectivity index is 1.87. The Morgan fingerprint density at radius 2 is 1.87 bits per heavy atom. The molecule has 0 aliphatic carbocycles. The van der Waals surface area contributed by atoms with Crippen LogP contribution in [0.1, 0.15) is 25.3 Å². The molecule has 1 aliphatic rings. The van der Waals surface area contributed by atoms with Crippen molar-refractivity contribution in [3.63, 3.8) is 0 Å². The van der Waals surface area contributed by atoms with E-state index in [0.29, 0.717) is 37.2 Å². The highest BCUT2D eigenvalue weighted by Crippen LogP contribution is 2.20. The molecule has 0 radical (unpaired) electrons. The molecule has 6 nitrogen and oxygen atoms in total. The number of hydrogen-bond acceptors (Lipinski definition) is 5. The number of ether oxygens (including phenoxy) is 2. The highest BCUT2D eigenvalue weighted by molar-refractivity contribution is 5.81. The summed E-state index contributed by atoms with van der Waals surface area (Å²) < 4.78 is 10.4. The largest absolute Gasteiger partial charge is 0.481 e. The molecule has 0 saturated carbocycles. The van der Waals surface area contributed by atoms with Gasteiger partial charge in [-0.05, 0) is 44.0 Å². The second-order valence-corrected chi connectivity index (χ2v) is 5.52. The minimum absolute atomic E-state index is 0.0994. The Hall–Kier alpha value is -2.55. The van der Waals surface area contributed by atoms with Crippen LogP contribution in [-0.2, 0) is 14.3 Å². The summed E-state index contributed by atoms with van der Waals surface area (Å²) in [5.74, 6) is 0.116. The molecular formula is C17H20N2O4. The van der Waals surface area contributed by atoms with Crippen LogP contribution in [0.25, 0.3) is 0 Å². The molecule has 0 unspecified atom stereocenters. The van der Waals surface area contributed by atoms with Gasteiger partial charge in [-0.2, -0.15) is 5.26 Å². The fraction of sp³-hybridized carbons (Fsp3) is 0.471. The van der Waals surface area contributed by atoms with E-state index in [0.717, 1.165) is 0 Å². The quantitative estimate of drug-likeness (QED) is 0.790. The van der Waals surface area contributed by atoms with Crippen LogP contribution >= 0.6 is 0 Å². The Bertz CT molecular complexity index is 598. The third-order valence-electron chi connectivity index (χ3n) is 3.99. The summed E-state index contributed by atoms with van der Waals surface area (Å²) in [6.07, 6.45) is 0.613. The monoisotopic (exact) mass is 316 g/mol. The van der Waals surface area contributed by atoms with Crippen LogP contribution in [0, 0.1) is 17.2 Å². The van der Waals surface area contributed by atoms with E-state index in [4.69, 9.17) is 14.7 Å². The predicted molar refractivity (Wildman–Crippen MR) is 82.6 cm³/mol. The number of benzene rings is 1. The van der Waals surface area contributed by atoms with Crippen molar-refractivity contribution in [1.29, 1.82) is 5.26 Å². The number of nitriles is 1. The minimum atomic E-state index is -0.613. The molecule has 23 heavy (non-hydrogen) atoms. The lowest BCUT2D eigenvalue weighted by molar-refractivity contribution is -0.150. The maximum Gasteiger partial charge on any atom is 0.308 e. The summed E-state index contributed by atoms with van der Waals surface area (Å²) in [6.45, 7) is 2.76. The molecule has 1 aromatic carbocycles. The number of carbonyl (C=O) groups excluding carboxylic acids is 2. The second-order valence-electron chi connectivity index (χ2n) is 5.52. The summed E-state index contributed by atoms with van der Waals surface area (Å²) in [6, 6.07) is 8.67. The summed E-state index contributed by atoms with van der Waals surface area (Å²) in [5.41, 5.74) is 0.543. The second kappa shape index (κ2) is 7.63. The van der Waals surface area contributed by atoms with Crippen molar-refractivity contribution in [3.05, 3.63) is 29.8 Å². The van der Waals surface area contributed by atoms with E-state index in [1.165, 1.54) is 7.11 Å². The number of carbonyl (C=O) groups is 2. The zero-order chi connectivity index (χ0) is 16.8. The molecule has 0 N–H and O–H groups in total. The fourth-order valence-corrected chi connectivity index (χ4v) is 2.62. The molecule has 1 fully saturated rings. The Morgan fingerprint density at radius 1 is 1.26 bits per heavy atom. The third kappa shape index (κ3) is 4.22. The lowest BCUT2D eigenvalue weighted by Crippen LogP contribution is -2.45. The average Bonchev–Trinajstić information content (AvgIpc) is 2.61. The Labute approximate surface area is 135 Å². The minimum Gasteiger partial charge on any atom is -0.481 e. The molecule has 0 spiro atoms. The van der Waals surface area contributed by atoms with Crippen molar-refractivity contribution in [2.45, 2.75) is 25.9 Å². The summed E-state index contributed by atoms with van der Waals surface area (Å²) in [4.78, 5) is 25.6. The number of hydrogen-bond donors (Lipinski definition) is 0. The van der Waals surface area contributed by atoms with E-state index >= 15 is 0 Å². The van der Waals surface area contributed by atoms with Crippen LogP contribution in [0.4, 0.5) is 0 Å². The number of nitrogens with zero attached hydrogens (tertiary/aromatic N) is 2. The topological polar surface area (TPSA) is 79.6 Å². The van der Waals surface area contributed by atoms with Crippen LogP contribution < -0.4 is 4.74 Å². The van der Waals surface area contributed by atoms with Gasteiger partial charge in [-0.15, -0.1) is 0 Å².